The van der Waals surface area contributed by atoms with Gasteiger partial charge < -0.3 is 25.4 Å². The fourth-order valence-corrected chi connectivity index (χ4v) is 3.48. The first kappa shape index (κ1) is 23.7. The molecule has 0 spiro atoms. The third-order valence-corrected chi connectivity index (χ3v) is 5.21. The predicted octanol–water partition coefficient (Wildman–Crippen LogP) is -0.0935. The Morgan fingerprint density at radius 1 is 1.00 bits per heavy atom. The zero-order valence-electron chi connectivity index (χ0n) is 18.4. The van der Waals surface area contributed by atoms with Gasteiger partial charge in [-0.2, -0.15) is 0 Å². The monoisotopic (exact) mass is 454 g/mol. The molecular weight excluding hydrogens is 428 g/mol. The van der Waals surface area contributed by atoms with E-state index < -0.39 is 35.9 Å². The fraction of sp³-hybridized carbons (Fsp3) is 0.348. The van der Waals surface area contributed by atoms with Gasteiger partial charge in [0.05, 0.1) is 20.6 Å². The number of carbonyl (C=O) groups is 4. The average molecular weight is 454 g/mol. The number of carbonyl (C=O) groups excluding carboxylic acids is 4. The highest BCUT2D eigenvalue weighted by molar-refractivity contribution is 5.99. The smallest absolute Gasteiger partial charge is 0.328 e. The minimum absolute atomic E-state index is 0.137. The maximum Gasteiger partial charge on any atom is 0.328 e. The van der Waals surface area contributed by atoms with Gasteiger partial charge in [0.1, 0.15) is 18.1 Å². The molecule has 1 aliphatic rings. The molecule has 0 aliphatic carbocycles. The number of rotatable bonds is 9. The zero-order chi connectivity index (χ0) is 23.8. The van der Waals surface area contributed by atoms with E-state index in [1.807, 2.05) is 30.3 Å². The second-order valence-electron chi connectivity index (χ2n) is 7.57. The van der Waals surface area contributed by atoms with Gasteiger partial charge in [-0.3, -0.25) is 14.4 Å². The maximum absolute atomic E-state index is 12.6. The molecular formula is C23H26N4O6. The van der Waals surface area contributed by atoms with Crippen LogP contribution in [0.2, 0.25) is 0 Å². The Labute approximate surface area is 191 Å². The van der Waals surface area contributed by atoms with Crippen LogP contribution in [0, 0.1) is 0 Å². The largest absolute Gasteiger partial charge is 0.481 e. The van der Waals surface area contributed by atoms with E-state index >= 15 is 0 Å². The van der Waals surface area contributed by atoms with Crippen molar-refractivity contribution in [1.82, 2.24) is 20.9 Å². The number of piperazine rings is 1. The Morgan fingerprint density at radius 3 is 2.33 bits per heavy atom. The van der Waals surface area contributed by atoms with Gasteiger partial charge in [-0.15, -0.1) is 0 Å². The number of nitrogens with zero attached hydrogens (tertiary/aromatic N) is 1. The van der Waals surface area contributed by atoms with Gasteiger partial charge >= 0.3 is 5.97 Å². The first-order valence-electron chi connectivity index (χ1n) is 10.4. The minimum atomic E-state index is -1.04. The van der Waals surface area contributed by atoms with Crippen LogP contribution in [0.3, 0.4) is 0 Å². The first-order valence-corrected chi connectivity index (χ1v) is 10.4. The molecule has 0 bridgehead atoms. The van der Waals surface area contributed by atoms with Crippen molar-refractivity contribution in [3.8, 4) is 5.88 Å². The Bertz CT molecular complexity index is 996. The van der Waals surface area contributed by atoms with E-state index in [0.717, 1.165) is 5.56 Å². The summed E-state index contributed by atoms with van der Waals surface area (Å²) >= 11 is 0. The summed E-state index contributed by atoms with van der Waals surface area (Å²) in [6.07, 6.45) is 1.70. The van der Waals surface area contributed by atoms with E-state index in [0.29, 0.717) is 17.9 Å². The highest BCUT2D eigenvalue weighted by atomic mass is 16.5. The van der Waals surface area contributed by atoms with Gasteiger partial charge in [0.2, 0.25) is 23.6 Å². The number of hydrogen-bond acceptors (Lipinski definition) is 7. The summed E-state index contributed by atoms with van der Waals surface area (Å²) in [5.74, 6) is -1.63. The molecule has 10 nitrogen and oxygen atoms in total. The number of amides is 3. The van der Waals surface area contributed by atoms with E-state index in [2.05, 4.69) is 20.9 Å². The molecule has 174 valence electrons. The summed E-state index contributed by atoms with van der Waals surface area (Å²) in [5.41, 5.74) is 1.59. The number of methoxy groups -OCH3 is 2. The SMILES string of the molecule is COC(=O)[C@@H](Cc1ccc(OC)nc1)NC(=O)C[C@@H]1NC(=O)[C@H](Cc2ccccc2)NC1=O. The second-order valence-corrected chi connectivity index (χ2v) is 7.57. The number of aromatic nitrogens is 1. The summed E-state index contributed by atoms with van der Waals surface area (Å²) in [4.78, 5) is 53.8. The lowest BCUT2D eigenvalue weighted by atomic mass is 10.0. The van der Waals surface area contributed by atoms with Crippen LogP contribution in [-0.4, -0.2) is 61.0 Å². The van der Waals surface area contributed by atoms with Crippen LogP contribution in [0.15, 0.2) is 48.7 Å². The summed E-state index contributed by atoms with van der Waals surface area (Å²) in [6, 6.07) is 9.92. The molecule has 2 aromatic rings. The van der Waals surface area contributed by atoms with Gasteiger partial charge in [-0.25, -0.2) is 9.78 Å². The summed E-state index contributed by atoms with van der Waals surface area (Å²) in [7, 11) is 2.71. The molecule has 10 heteroatoms. The second kappa shape index (κ2) is 11.1. The van der Waals surface area contributed by atoms with E-state index in [9.17, 15) is 19.2 Å². The lowest BCUT2D eigenvalue weighted by molar-refractivity contribution is -0.145. The van der Waals surface area contributed by atoms with Crippen LogP contribution in [0.1, 0.15) is 17.5 Å². The number of esters is 1. The highest BCUT2D eigenvalue weighted by Gasteiger charge is 2.35. The molecule has 3 amide bonds. The molecule has 3 N–H and O–H groups in total. The Hall–Kier alpha value is -3.95. The molecule has 1 aromatic carbocycles. The number of benzene rings is 1. The third kappa shape index (κ3) is 6.52. The topological polar surface area (TPSA) is 136 Å². The van der Waals surface area contributed by atoms with Crippen LogP contribution in [0.5, 0.6) is 5.88 Å². The van der Waals surface area contributed by atoms with E-state index in [4.69, 9.17) is 9.47 Å². The molecule has 3 rings (SSSR count). The Kier molecular flexibility index (Phi) is 7.96. The van der Waals surface area contributed by atoms with Crippen molar-refractivity contribution in [2.75, 3.05) is 14.2 Å². The molecule has 1 aromatic heterocycles. The lowest BCUT2D eigenvalue weighted by Gasteiger charge is -2.29. The first-order chi connectivity index (χ1) is 15.9. The van der Waals surface area contributed by atoms with Gasteiger partial charge in [-0.05, 0) is 11.1 Å². The minimum Gasteiger partial charge on any atom is -0.481 e. The van der Waals surface area contributed by atoms with Crippen LogP contribution >= 0.6 is 0 Å². The molecule has 0 radical (unpaired) electrons. The number of hydrogen-bond donors (Lipinski definition) is 3. The van der Waals surface area contributed by atoms with Crippen LogP contribution < -0.4 is 20.7 Å². The standard InChI is InChI=1S/C23H26N4O6/c1-32-20-9-8-15(13-24-20)11-18(23(31)33-2)25-19(28)12-17-22(30)26-16(21(29)27-17)10-14-6-4-3-5-7-14/h3-9,13,16-18H,10-12H2,1-2H3,(H,25,28)(H,26,30)(H,27,29)/t16-,17-,18+/m0/s1. The summed E-state index contributed by atoms with van der Waals surface area (Å²) < 4.78 is 9.79. The Morgan fingerprint density at radius 2 is 1.70 bits per heavy atom. The van der Waals surface area contributed by atoms with Gasteiger partial charge in [0.25, 0.3) is 0 Å². The fourth-order valence-electron chi connectivity index (χ4n) is 3.48. The molecule has 0 saturated carbocycles. The predicted molar refractivity (Wildman–Crippen MR) is 117 cm³/mol. The Balaban J connectivity index is 1.57. The average Bonchev–Trinajstić information content (AvgIpc) is 2.82. The quantitative estimate of drug-likeness (QED) is 0.451. The van der Waals surface area contributed by atoms with E-state index in [1.54, 1.807) is 12.1 Å². The van der Waals surface area contributed by atoms with Gasteiger partial charge in [-0.1, -0.05) is 36.4 Å². The van der Waals surface area contributed by atoms with Crippen molar-refractivity contribution in [1.29, 1.82) is 0 Å². The lowest BCUT2D eigenvalue weighted by Crippen LogP contribution is -2.63. The summed E-state index contributed by atoms with van der Waals surface area (Å²) in [6.45, 7) is 0. The highest BCUT2D eigenvalue weighted by Crippen LogP contribution is 2.11. The molecule has 33 heavy (non-hydrogen) atoms. The molecule has 0 unspecified atom stereocenters. The van der Waals surface area contributed by atoms with Crippen molar-refractivity contribution >= 4 is 23.7 Å². The van der Waals surface area contributed by atoms with Crippen LogP contribution in [0.25, 0.3) is 0 Å². The normalized spacial score (nSPS) is 18.5. The van der Waals surface area contributed by atoms with Crippen LogP contribution in [-0.2, 0) is 36.8 Å². The third-order valence-electron chi connectivity index (χ3n) is 5.21. The number of ether oxygens (including phenoxy) is 2. The van der Waals surface area contributed by atoms with E-state index in [-0.39, 0.29) is 18.7 Å². The van der Waals surface area contributed by atoms with Crippen molar-refractivity contribution in [2.45, 2.75) is 37.4 Å². The number of nitrogens with one attached hydrogen (secondary N) is 3. The molecule has 3 atom stereocenters. The number of pyridine rings is 1. The van der Waals surface area contributed by atoms with Gasteiger partial charge in [0.15, 0.2) is 0 Å². The van der Waals surface area contributed by atoms with Crippen molar-refractivity contribution in [3.05, 3.63) is 59.8 Å². The van der Waals surface area contributed by atoms with Crippen molar-refractivity contribution in [2.24, 2.45) is 0 Å². The molecule has 1 saturated heterocycles. The van der Waals surface area contributed by atoms with Crippen molar-refractivity contribution in [3.63, 3.8) is 0 Å². The zero-order valence-corrected chi connectivity index (χ0v) is 18.4. The van der Waals surface area contributed by atoms with E-state index in [1.165, 1.54) is 20.4 Å². The van der Waals surface area contributed by atoms with Gasteiger partial charge in [0, 0.05) is 25.1 Å². The molecule has 2 heterocycles. The maximum atomic E-state index is 12.6. The molecule has 1 aliphatic heterocycles. The molecule has 1 fully saturated rings. The summed E-state index contributed by atoms with van der Waals surface area (Å²) in [5, 5.41) is 7.83. The van der Waals surface area contributed by atoms with Crippen LogP contribution in [0.4, 0.5) is 0 Å². The van der Waals surface area contributed by atoms with Crippen molar-refractivity contribution < 1.29 is 28.7 Å².